The molecule has 0 bridgehead atoms. The van der Waals surface area contributed by atoms with Gasteiger partial charge in [0, 0.05) is 45.2 Å². The Morgan fingerprint density at radius 1 is 1.53 bits per heavy atom. The maximum Gasteiger partial charge on any atom is 0.0479 e. The fraction of sp³-hybridized carbons (Fsp3) is 0.667. The number of nitrogens with one attached hydrogen (secondary N) is 1. The van der Waals surface area contributed by atoms with Gasteiger partial charge in [0.25, 0.3) is 0 Å². The van der Waals surface area contributed by atoms with Crippen LogP contribution < -0.4 is 5.32 Å². The van der Waals surface area contributed by atoms with Crippen LogP contribution in [0.25, 0.3) is 0 Å². The van der Waals surface area contributed by atoms with E-state index in [9.17, 15) is 0 Å². The van der Waals surface area contributed by atoms with Gasteiger partial charge in [-0.2, -0.15) is 0 Å². The van der Waals surface area contributed by atoms with Crippen molar-refractivity contribution < 1.29 is 4.74 Å². The van der Waals surface area contributed by atoms with E-state index in [1.807, 2.05) is 0 Å². The van der Waals surface area contributed by atoms with E-state index in [0.29, 0.717) is 0 Å². The summed E-state index contributed by atoms with van der Waals surface area (Å²) < 4.78 is 5.06. The van der Waals surface area contributed by atoms with Gasteiger partial charge in [-0.15, -0.1) is 0 Å². The lowest BCUT2D eigenvalue weighted by atomic mass is 10.0. The maximum atomic E-state index is 5.06. The molecule has 0 aromatic carbocycles. The van der Waals surface area contributed by atoms with Crippen molar-refractivity contribution in [3.8, 4) is 0 Å². The predicted octanol–water partition coefficient (Wildman–Crippen LogP) is 1.49. The maximum absolute atomic E-state index is 5.06. The highest BCUT2D eigenvalue weighted by Gasteiger charge is 2.15. The molecule has 2 aliphatic rings. The van der Waals surface area contributed by atoms with Crippen LogP contribution in [-0.2, 0) is 4.74 Å². The van der Waals surface area contributed by atoms with Crippen molar-refractivity contribution in [1.29, 1.82) is 0 Å². The smallest absolute Gasteiger partial charge is 0.0479 e. The van der Waals surface area contributed by atoms with Crippen LogP contribution in [-0.4, -0.2) is 38.3 Å². The van der Waals surface area contributed by atoms with E-state index in [1.165, 1.54) is 18.5 Å². The Morgan fingerprint density at radius 3 is 3.33 bits per heavy atom. The molecule has 2 aliphatic heterocycles. The third-order valence-corrected chi connectivity index (χ3v) is 2.99. The average molecular weight is 208 g/mol. The van der Waals surface area contributed by atoms with E-state index in [4.69, 9.17) is 4.74 Å². The van der Waals surface area contributed by atoms with Crippen LogP contribution in [0.15, 0.2) is 23.5 Å². The van der Waals surface area contributed by atoms with E-state index < -0.39 is 0 Å². The summed E-state index contributed by atoms with van der Waals surface area (Å²) in [5.74, 6) is 0. The van der Waals surface area contributed by atoms with Crippen molar-refractivity contribution in [2.24, 2.45) is 0 Å². The SMILES string of the molecule is COCCCN1C=CC2=C(CCCN2)C1. The van der Waals surface area contributed by atoms with Crippen LogP contribution in [0.1, 0.15) is 19.3 Å². The summed E-state index contributed by atoms with van der Waals surface area (Å²) in [5, 5.41) is 3.45. The van der Waals surface area contributed by atoms with Gasteiger partial charge in [0.1, 0.15) is 0 Å². The van der Waals surface area contributed by atoms with Gasteiger partial charge < -0.3 is 15.0 Å². The van der Waals surface area contributed by atoms with Crippen molar-refractivity contribution in [2.45, 2.75) is 19.3 Å². The van der Waals surface area contributed by atoms with Crippen molar-refractivity contribution in [2.75, 3.05) is 33.4 Å². The lowest BCUT2D eigenvalue weighted by molar-refractivity contribution is 0.184. The largest absolute Gasteiger partial charge is 0.385 e. The molecule has 3 heteroatoms. The molecule has 0 atom stereocenters. The van der Waals surface area contributed by atoms with Crippen molar-refractivity contribution in [3.63, 3.8) is 0 Å². The van der Waals surface area contributed by atoms with E-state index >= 15 is 0 Å². The van der Waals surface area contributed by atoms with Gasteiger partial charge in [0.15, 0.2) is 0 Å². The van der Waals surface area contributed by atoms with Crippen LogP contribution in [0.4, 0.5) is 0 Å². The van der Waals surface area contributed by atoms with Crippen molar-refractivity contribution in [1.82, 2.24) is 10.2 Å². The van der Waals surface area contributed by atoms with Gasteiger partial charge in [-0.3, -0.25) is 0 Å². The molecule has 0 aromatic heterocycles. The molecule has 2 heterocycles. The second-order valence-corrected chi connectivity index (χ2v) is 4.18. The first-order valence-corrected chi connectivity index (χ1v) is 5.77. The van der Waals surface area contributed by atoms with Crippen LogP contribution in [0, 0.1) is 0 Å². The Morgan fingerprint density at radius 2 is 2.47 bits per heavy atom. The van der Waals surface area contributed by atoms with Crippen LogP contribution in [0.3, 0.4) is 0 Å². The quantitative estimate of drug-likeness (QED) is 0.708. The van der Waals surface area contributed by atoms with Crippen LogP contribution in [0.2, 0.25) is 0 Å². The second-order valence-electron chi connectivity index (χ2n) is 4.18. The second kappa shape index (κ2) is 5.21. The minimum atomic E-state index is 0.856. The monoisotopic (exact) mass is 208 g/mol. The summed E-state index contributed by atoms with van der Waals surface area (Å²) in [6, 6.07) is 0. The normalized spacial score (nSPS) is 20.2. The Kier molecular flexibility index (Phi) is 3.67. The molecule has 0 fully saturated rings. The topological polar surface area (TPSA) is 24.5 Å². The standard InChI is InChI=1S/C12H20N2O/c1-15-9-3-7-14-8-5-12-11(10-14)4-2-6-13-12/h5,8,13H,2-4,6-7,9-10H2,1H3. The molecular formula is C12H20N2O. The number of ether oxygens (including phenoxy) is 1. The fourth-order valence-electron chi connectivity index (χ4n) is 2.17. The molecule has 0 unspecified atom stereocenters. The summed E-state index contributed by atoms with van der Waals surface area (Å²) in [6.45, 7) is 4.19. The van der Waals surface area contributed by atoms with Gasteiger partial charge in [-0.1, -0.05) is 0 Å². The third kappa shape index (κ3) is 2.75. The first-order chi connectivity index (χ1) is 7.40. The zero-order valence-electron chi connectivity index (χ0n) is 9.46. The van der Waals surface area contributed by atoms with Crippen molar-refractivity contribution >= 4 is 0 Å². The lowest BCUT2D eigenvalue weighted by Gasteiger charge is -2.30. The molecule has 2 rings (SSSR count). The Balaban J connectivity index is 1.83. The molecule has 1 N–H and O–H groups in total. The molecule has 0 aromatic rings. The van der Waals surface area contributed by atoms with Gasteiger partial charge in [-0.25, -0.2) is 0 Å². The molecule has 0 amide bonds. The van der Waals surface area contributed by atoms with Crippen molar-refractivity contribution in [3.05, 3.63) is 23.5 Å². The molecule has 0 saturated heterocycles. The number of hydrogen-bond donors (Lipinski definition) is 1. The Labute approximate surface area is 91.8 Å². The molecule has 0 radical (unpaired) electrons. The highest BCUT2D eigenvalue weighted by atomic mass is 16.5. The predicted molar refractivity (Wildman–Crippen MR) is 61.5 cm³/mol. The van der Waals surface area contributed by atoms with E-state index in [0.717, 1.165) is 32.7 Å². The molecule has 84 valence electrons. The molecule has 3 nitrogen and oxygen atoms in total. The minimum Gasteiger partial charge on any atom is -0.385 e. The number of hydrogen-bond acceptors (Lipinski definition) is 3. The fourth-order valence-corrected chi connectivity index (χ4v) is 2.17. The van der Waals surface area contributed by atoms with Crippen LogP contribution in [0.5, 0.6) is 0 Å². The molecule has 0 spiro atoms. The van der Waals surface area contributed by atoms with E-state index in [2.05, 4.69) is 22.5 Å². The highest BCUT2D eigenvalue weighted by molar-refractivity contribution is 5.30. The number of methoxy groups -OCH3 is 1. The summed E-state index contributed by atoms with van der Waals surface area (Å²) in [4.78, 5) is 2.38. The average Bonchev–Trinajstić information content (AvgIpc) is 2.29. The summed E-state index contributed by atoms with van der Waals surface area (Å²) in [5.41, 5.74) is 2.94. The molecule has 15 heavy (non-hydrogen) atoms. The lowest BCUT2D eigenvalue weighted by Crippen LogP contribution is -2.31. The summed E-state index contributed by atoms with van der Waals surface area (Å²) in [6.07, 6.45) is 8.06. The first kappa shape index (κ1) is 10.6. The Bertz CT molecular complexity index is 271. The van der Waals surface area contributed by atoms with Gasteiger partial charge in [-0.05, 0) is 30.9 Å². The number of allylic oxidation sites excluding steroid dienone is 1. The molecule has 0 aliphatic carbocycles. The molecule has 0 saturated carbocycles. The van der Waals surface area contributed by atoms with Gasteiger partial charge in [0.05, 0.1) is 0 Å². The van der Waals surface area contributed by atoms with Gasteiger partial charge >= 0.3 is 0 Å². The molecular weight excluding hydrogens is 188 g/mol. The Hall–Kier alpha value is -0.960. The number of nitrogens with zero attached hydrogens (tertiary/aromatic N) is 1. The number of rotatable bonds is 4. The first-order valence-electron chi connectivity index (χ1n) is 5.77. The van der Waals surface area contributed by atoms with Crippen LogP contribution >= 0.6 is 0 Å². The zero-order chi connectivity index (χ0) is 10.5. The minimum absolute atomic E-state index is 0.856. The summed E-state index contributed by atoms with van der Waals surface area (Å²) >= 11 is 0. The third-order valence-electron chi connectivity index (χ3n) is 2.99. The highest BCUT2D eigenvalue weighted by Crippen LogP contribution is 2.20. The zero-order valence-corrected chi connectivity index (χ0v) is 9.46. The van der Waals surface area contributed by atoms with E-state index in [-0.39, 0.29) is 0 Å². The summed E-state index contributed by atoms with van der Waals surface area (Å²) in [7, 11) is 1.76. The van der Waals surface area contributed by atoms with E-state index in [1.54, 1.807) is 12.7 Å². The van der Waals surface area contributed by atoms with Gasteiger partial charge in [0.2, 0.25) is 0 Å².